The number of carbonyl (C=O) groups excluding carboxylic acids is 2. The van der Waals surface area contributed by atoms with Gasteiger partial charge in [0.1, 0.15) is 4.83 Å². The van der Waals surface area contributed by atoms with Crippen molar-refractivity contribution in [3.63, 3.8) is 0 Å². The molecule has 3 aromatic heterocycles. The average molecular weight is 504 g/mol. The number of rotatable bonds is 7. The Hall–Kier alpha value is -3.67. The predicted molar refractivity (Wildman–Crippen MR) is 127 cm³/mol. The predicted octanol–water partition coefficient (Wildman–Crippen LogP) is 1.91. The Balaban J connectivity index is 1.81. The third kappa shape index (κ3) is 5.06. The lowest BCUT2D eigenvalue weighted by atomic mass is 10.1. The normalized spacial score (nSPS) is 13.7. The maximum Gasteiger partial charge on any atom is 0.332 e. The summed E-state index contributed by atoms with van der Waals surface area (Å²) in [5.74, 6) is -0.688. The Morgan fingerprint density at radius 3 is 2.71 bits per heavy atom. The molecule has 4 rings (SSSR count). The number of aromatic nitrogens is 3. The topological polar surface area (TPSA) is 106 Å². The second kappa shape index (κ2) is 10.3. The van der Waals surface area contributed by atoms with Crippen LogP contribution in [-0.4, -0.2) is 50.5 Å². The molecule has 0 aliphatic carbocycles. The number of piperazine rings is 1. The molecule has 1 N–H and O–H groups in total. The van der Waals surface area contributed by atoms with E-state index in [-0.39, 0.29) is 47.1 Å². The van der Waals surface area contributed by atoms with Crippen LogP contribution in [-0.2, 0) is 24.3 Å². The van der Waals surface area contributed by atoms with Crippen molar-refractivity contribution in [2.24, 2.45) is 0 Å². The number of fused-ring (bicyclic) bond motifs is 1. The van der Waals surface area contributed by atoms with Gasteiger partial charge in [0, 0.05) is 38.6 Å². The maximum atomic E-state index is 13.4. The van der Waals surface area contributed by atoms with E-state index in [0.717, 1.165) is 21.5 Å². The summed E-state index contributed by atoms with van der Waals surface area (Å²) >= 11 is 0.972. The molecule has 0 aromatic carbocycles. The molecule has 2 amide bonds. The molecule has 12 heteroatoms. The van der Waals surface area contributed by atoms with Crippen molar-refractivity contribution >= 4 is 33.4 Å². The van der Waals surface area contributed by atoms with Gasteiger partial charge in [-0.2, -0.15) is 8.78 Å². The first-order valence-corrected chi connectivity index (χ1v) is 11.8. The van der Waals surface area contributed by atoms with Gasteiger partial charge < -0.3 is 10.2 Å². The lowest BCUT2D eigenvalue weighted by Gasteiger charge is -2.26. The molecule has 0 unspecified atom stereocenters. The van der Waals surface area contributed by atoms with Crippen LogP contribution in [0.25, 0.3) is 10.2 Å². The van der Waals surface area contributed by atoms with Crippen molar-refractivity contribution < 1.29 is 18.4 Å². The first-order chi connectivity index (χ1) is 16.8. The molecular formula is C23H23F2N5O4S. The number of amides is 2. The highest BCUT2D eigenvalue weighted by Gasteiger charge is 2.28. The number of aryl methyl sites for hydroxylation is 3. The molecule has 35 heavy (non-hydrogen) atoms. The number of pyridine rings is 1. The van der Waals surface area contributed by atoms with Crippen molar-refractivity contribution in [3.05, 3.63) is 73.5 Å². The molecule has 0 bridgehead atoms. The zero-order chi connectivity index (χ0) is 25.1. The van der Waals surface area contributed by atoms with Crippen LogP contribution in [0.5, 0.6) is 0 Å². The maximum absolute atomic E-state index is 13.4. The van der Waals surface area contributed by atoms with Gasteiger partial charge in [0.2, 0.25) is 5.91 Å². The van der Waals surface area contributed by atoms with Gasteiger partial charge in [-0.25, -0.2) is 4.79 Å². The second-order valence-electron chi connectivity index (χ2n) is 8.10. The summed E-state index contributed by atoms with van der Waals surface area (Å²) in [5, 5.41) is 2.86. The smallest absolute Gasteiger partial charge is 0.332 e. The minimum absolute atomic E-state index is 0.0669. The third-order valence-electron chi connectivity index (χ3n) is 5.81. The summed E-state index contributed by atoms with van der Waals surface area (Å²) in [4.78, 5) is 57.6. The zero-order valence-corrected chi connectivity index (χ0v) is 19.7. The molecule has 184 valence electrons. The molecule has 0 saturated carbocycles. The summed E-state index contributed by atoms with van der Waals surface area (Å²) in [7, 11) is 0. The van der Waals surface area contributed by atoms with Crippen LogP contribution < -0.4 is 16.6 Å². The second-order valence-corrected chi connectivity index (χ2v) is 9.10. The highest BCUT2D eigenvalue weighted by molar-refractivity contribution is 7.20. The molecule has 3 aromatic rings. The van der Waals surface area contributed by atoms with Gasteiger partial charge in [-0.05, 0) is 43.0 Å². The standard InChI is InChI=1S/C23H23F2N5O4S/c1-14-18-20(32)29(10-6-15-4-2-7-26-12-15)23(34)30(9-3-5-16(24)25)22(18)35-19(14)21(33)28-11-8-27-17(31)13-28/h2,4-5,7,12H,3,6,8-11,13H2,1H3,(H,27,31). The van der Waals surface area contributed by atoms with Crippen molar-refractivity contribution in [1.29, 1.82) is 0 Å². The Labute approximate surface area is 202 Å². The van der Waals surface area contributed by atoms with Crippen LogP contribution >= 0.6 is 11.3 Å². The average Bonchev–Trinajstić information content (AvgIpc) is 3.18. The summed E-state index contributed by atoms with van der Waals surface area (Å²) in [6, 6.07) is 3.57. The molecule has 9 nitrogen and oxygen atoms in total. The summed E-state index contributed by atoms with van der Waals surface area (Å²) in [6.45, 7) is 2.15. The molecule has 1 saturated heterocycles. The van der Waals surface area contributed by atoms with E-state index in [9.17, 15) is 28.0 Å². The molecule has 0 spiro atoms. The Kier molecular flexibility index (Phi) is 7.20. The van der Waals surface area contributed by atoms with E-state index in [4.69, 9.17) is 0 Å². The highest BCUT2D eigenvalue weighted by atomic mass is 32.1. The summed E-state index contributed by atoms with van der Waals surface area (Å²) in [6.07, 6.45) is 2.35. The van der Waals surface area contributed by atoms with Gasteiger partial charge in [0.15, 0.2) is 0 Å². The van der Waals surface area contributed by atoms with Gasteiger partial charge in [0.05, 0.1) is 16.8 Å². The fraction of sp³-hybridized carbons (Fsp3) is 0.348. The van der Waals surface area contributed by atoms with E-state index in [1.54, 1.807) is 25.4 Å². The molecule has 1 fully saturated rings. The minimum atomic E-state index is -1.86. The van der Waals surface area contributed by atoms with Crippen molar-refractivity contribution in [2.75, 3.05) is 19.6 Å². The Morgan fingerprint density at radius 2 is 2.03 bits per heavy atom. The molecule has 1 aliphatic rings. The van der Waals surface area contributed by atoms with Gasteiger partial charge in [-0.1, -0.05) is 6.07 Å². The Morgan fingerprint density at radius 1 is 1.23 bits per heavy atom. The van der Waals surface area contributed by atoms with E-state index >= 15 is 0 Å². The number of halogens is 2. The number of nitrogens with zero attached hydrogens (tertiary/aromatic N) is 4. The van der Waals surface area contributed by atoms with E-state index in [0.29, 0.717) is 31.1 Å². The molecule has 1 aliphatic heterocycles. The van der Waals surface area contributed by atoms with Gasteiger partial charge in [-0.15, -0.1) is 11.3 Å². The fourth-order valence-corrected chi connectivity index (χ4v) is 5.33. The van der Waals surface area contributed by atoms with Crippen LogP contribution in [0.3, 0.4) is 0 Å². The molecular weight excluding hydrogens is 480 g/mol. The Bertz CT molecular complexity index is 1420. The summed E-state index contributed by atoms with van der Waals surface area (Å²) < 4.78 is 27.6. The number of allylic oxidation sites excluding steroid dienone is 1. The lowest BCUT2D eigenvalue weighted by molar-refractivity contribution is -0.123. The molecule has 4 heterocycles. The molecule has 0 atom stereocenters. The van der Waals surface area contributed by atoms with E-state index in [1.165, 1.54) is 9.47 Å². The first kappa shape index (κ1) is 24.5. The zero-order valence-electron chi connectivity index (χ0n) is 18.9. The third-order valence-corrected chi connectivity index (χ3v) is 7.12. The van der Waals surface area contributed by atoms with Crippen LogP contribution in [0, 0.1) is 6.92 Å². The number of hydrogen-bond donors (Lipinski definition) is 1. The van der Waals surface area contributed by atoms with Gasteiger partial charge in [-0.3, -0.25) is 28.5 Å². The first-order valence-electron chi connectivity index (χ1n) is 11.0. The van der Waals surface area contributed by atoms with Gasteiger partial charge in [0.25, 0.3) is 17.5 Å². The largest absolute Gasteiger partial charge is 0.353 e. The lowest BCUT2D eigenvalue weighted by Crippen LogP contribution is -2.49. The summed E-state index contributed by atoms with van der Waals surface area (Å²) in [5.41, 5.74) is 0.0643. The fourth-order valence-electron chi connectivity index (χ4n) is 4.04. The minimum Gasteiger partial charge on any atom is -0.353 e. The van der Waals surface area contributed by atoms with E-state index in [2.05, 4.69) is 10.3 Å². The van der Waals surface area contributed by atoms with E-state index < -0.39 is 23.2 Å². The van der Waals surface area contributed by atoms with E-state index in [1.807, 2.05) is 6.07 Å². The monoisotopic (exact) mass is 503 g/mol. The van der Waals surface area contributed by atoms with Crippen LogP contribution in [0.15, 0.2) is 46.3 Å². The highest BCUT2D eigenvalue weighted by Crippen LogP contribution is 2.29. The van der Waals surface area contributed by atoms with Gasteiger partial charge >= 0.3 is 5.69 Å². The SMILES string of the molecule is Cc1c(C(=O)N2CCNC(=O)C2)sc2c1c(=O)n(CCc1cccnc1)c(=O)n2CCC=C(F)F. The quantitative estimate of drug-likeness (QED) is 0.530. The van der Waals surface area contributed by atoms with Crippen LogP contribution in [0.1, 0.15) is 27.2 Å². The van der Waals surface area contributed by atoms with Crippen LogP contribution in [0.2, 0.25) is 0 Å². The number of carbonyl (C=O) groups is 2. The number of thiophene rings is 1. The number of hydrogen-bond acceptors (Lipinski definition) is 6. The van der Waals surface area contributed by atoms with Crippen LogP contribution in [0.4, 0.5) is 8.78 Å². The van der Waals surface area contributed by atoms with Crippen molar-refractivity contribution in [2.45, 2.75) is 32.9 Å². The van der Waals surface area contributed by atoms with Crippen molar-refractivity contribution in [3.8, 4) is 0 Å². The number of nitrogens with one attached hydrogen (secondary N) is 1. The van der Waals surface area contributed by atoms with Crippen molar-refractivity contribution in [1.82, 2.24) is 24.3 Å². The molecule has 0 radical (unpaired) electrons.